The highest BCUT2D eigenvalue weighted by molar-refractivity contribution is 7.16. The monoisotopic (exact) mass is 381 g/mol. The summed E-state index contributed by atoms with van der Waals surface area (Å²) in [6.07, 6.45) is 0. The van der Waals surface area contributed by atoms with Crippen molar-refractivity contribution in [2.24, 2.45) is 4.99 Å². The number of methoxy groups -OCH3 is 1. The first kappa shape index (κ1) is 18.8. The molecule has 1 amide bonds. The Morgan fingerprint density at radius 1 is 1.26 bits per heavy atom. The second-order valence-corrected chi connectivity index (χ2v) is 6.68. The van der Waals surface area contributed by atoms with Crippen LogP contribution in [0.1, 0.15) is 22.8 Å². The fraction of sp³-hybridized carbons (Fsp3) is 0.250. The van der Waals surface area contributed by atoms with Crippen molar-refractivity contribution in [1.29, 1.82) is 5.26 Å². The molecule has 0 atom stereocenters. The second kappa shape index (κ2) is 8.62. The molecule has 0 N–H and O–H groups in total. The Bertz CT molecular complexity index is 1060. The van der Waals surface area contributed by atoms with Gasteiger partial charge in [-0.1, -0.05) is 11.3 Å². The zero-order valence-electron chi connectivity index (χ0n) is 15.1. The predicted molar refractivity (Wildman–Crippen MR) is 104 cm³/mol. The number of nitriles is 1. The molecular weight excluding hydrogens is 362 g/mol. The van der Waals surface area contributed by atoms with Gasteiger partial charge in [-0.15, -0.1) is 0 Å². The topological polar surface area (TPSA) is 76.6 Å². The van der Waals surface area contributed by atoms with E-state index in [1.807, 2.05) is 35.8 Å². The van der Waals surface area contributed by atoms with E-state index in [0.29, 0.717) is 35.7 Å². The van der Waals surface area contributed by atoms with Crippen LogP contribution in [0.3, 0.4) is 0 Å². The Balaban J connectivity index is 2.04. The lowest BCUT2D eigenvalue weighted by atomic mass is 10.1. The molecule has 3 aromatic rings. The SMILES string of the molecule is CCOCCn1c(=NC(=O)c2ccc(C#N)cc2)sc2cc(OC)ccc21. The average molecular weight is 381 g/mol. The van der Waals surface area contributed by atoms with Gasteiger partial charge < -0.3 is 14.0 Å². The second-order valence-electron chi connectivity index (χ2n) is 5.67. The summed E-state index contributed by atoms with van der Waals surface area (Å²) in [6, 6.07) is 14.3. The summed E-state index contributed by atoms with van der Waals surface area (Å²) in [4.78, 5) is 17.5. The lowest BCUT2D eigenvalue weighted by molar-refractivity contribution is 0.0996. The molecule has 0 aliphatic carbocycles. The summed E-state index contributed by atoms with van der Waals surface area (Å²) in [5.41, 5.74) is 1.93. The molecule has 1 aromatic heterocycles. The fourth-order valence-corrected chi connectivity index (χ4v) is 3.70. The summed E-state index contributed by atoms with van der Waals surface area (Å²) < 4.78 is 13.7. The molecule has 0 spiro atoms. The van der Waals surface area contributed by atoms with Gasteiger partial charge in [-0.05, 0) is 49.4 Å². The van der Waals surface area contributed by atoms with Gasteiger partial charge in [0, 0.05) is 18.7 Å². The van der Waals surface area contributed by atoms with Crippen molar-refractivity contribution in [2.75, 3.05) is 20.3 Å². The number of thiazole rings is 1. The number of amides is 1. The number of aromatic nitrogens is 1. The van der Waals surface area contributed by atoms with Crippen LogP contribution in [0.5, 0.6) is 5.75 Å². The Hall–Kier alpha value is -2.95. The van der Waals surface area contributed by atoms with Crippen molar-refractivity contribution in [3.63, 3.8) is 0 Å². The molecule has 0 radical (unpaired) electrons. The third kappa shape index (κ3) is 4.25. The largest absolute Gasteiger partial charge is 0.497 e. The van der Waals surface area contributed by atoms with Crippen LogP contribution in [0.25, 0.3) is 10.2 Å². The maximum absolute atomic E-state index is 12.6. The maximum atomic E-state index is 12.6. The zero-order valence-corrected chi connectivity index (χ0v) is 16.0. The first-order chi connectivity index (χ1) is 13.2. The number of carbonyl (C=O) groups is 1. The first-order valence-corrected chi connectivity index (χ1v) is 9.32. The molecule has 0 unspecified atom stereocenters. The number of hydrogen-bond acceptors (Lipinski definition) is 5. The van der Waals surface area contributed by atoms with Crippen LogP contribution in [0.15, 0.2) is 47.5 Å². The van der Waals surface area contributed by atoms with Crippen LogP contribution in [-0.2, 0) is 11.3 Å². The highest BCUT2D eigenvalue weighted by atomic mass is 32.1. The van der Waals surface area contributed by atoms with E-state index < -0.39 is 0 Å². The van der Waals surface area contributed by atoms with Gasteiger partial charge in [-0.3, -0.25) is 4.79 Å². The molecule has 0 aliphatic heterocycles. The van der Waals surface area contributed by atoms with Crippen LogP contribution in [-0.4, -0.2) is 30.8 Å². The van der Waals surface area contributed by atoms with E-state index in [4.69, 9.17) is 14.7 Å². The van der Waals surface area contributed by atoms with Gasteiger partial charge in [0.15, 0.2) is 4.80 Å². The summed E-state index contributed by atoms with van der Waals surface area (Å²) in [6.45, 7) is 3.71. The van der Waals surface area contributed by atoms with Crippen molar-refractivity contribution < 1.29 is 14.3 Å². The van der Waals surface area contributed by atoms with Crippen molar-refractivity contribution in [3.8, 4) is 11.8 Å². The minimum Gasteiger partial charge on any atom is -0.497 e. The minimum atomic E-state index is -0.344. The lowest BCUT2D eigenvalue weighted by Gasteiger charge is -2.06. The quantitative estimate of drug-likeness (QED) is 0.614. The van der Waals surface area contributed by atoms with Gasteiger partial charge in [-0.2, -0.15) is 10.3 Å². The first-order valence-electron chi connectivity index (χ1n) is 8.50. The van der Waals surface area contributed by atoms with E-state index >= 15 is 0 Å². The Morgan fingerprint density at radius 3 is 2.70 bits per heavy atom. The molecule has 3 rings (SSSR count). The summed E-state index contributed by atoms with van der Waals surface area (Å²) in [5, 5.41) is 8.88. The van der Waals surface area contributed by atoms with Gasteiger partial charge in [0.25, 0.3) is 5.91 Å². The number of hydrogen-bond donors (Lipinski definition) is 0. The van der Waals surface area contributed by atoms with E-state index in [1.165, 1.54) is 11.3 Å². The van der Waals surface area contributed by atoms with E-state index in [-0.39, 0.29) is 5.91 Å². The third-order valence-electron chi connectivity index (χ3n) is 4.01. The normalized spacial score (nSPS) is 11.5. The average Bonchev–Trinajstić information content (AvgIpc) is 3.04. The summed E-state index contributed by atoms with van der Waals surface area (Å²) in [7, 11) is 1.62. The summed E-state index contributed by atoms with van der Waals surface area (Å²) >= 11 is 1.43. The van der Waals surface area contributed by atoms with Gasteiger partial charge in [0.05, 0.1) is 35.6 Å². The molecule has 6 nitrogen and oxygen atoms in total. The third-order valence-corrected chi connectivity index (χ3v) is 5.05. The molecule has 7 heteroatoms. The number of ether oxygens (including phenoxy) is 2. The van der Waals surface area contributed by atoms with Gasteiger partial charge in [0.1, 0.15) is 5.75 Å². The van der Waals surface area contributed by atoms with Gasteiger partial charge in [-0.25, -0.2) is 0 Å². The number of nitrogens with zero attached hydrogens (tertiary/aromatic N) is 3. The number of carbonyl (C=O) groups excluding carboxylic acids is 1. The Labute approximate surface area is 160 Å². The predicted octanol–water partition coefficient (Wildman–Crippen LogP) is 3.36. The standard InChI is InChI=1S/C20H19N3O3S/c1-3-26-11-10-23-17-9-8-16(25-2)12-18(17)27-20(23)22-19(24)15-6-4-14(13-21)5-7-15/h4-9,12H,3,10-11H2,1-2H3. The molecule has 0 fully saturated rings. The number of benzene rings is 2. The van der Waals surface area contributed by atoms with Crippen LogP contribution in [0, 0.1) is 11.3 Å². The highest BCUT2D eigenvalue weighted by Gasteiger charge is 2.10. The van der Waals surface area contributed by atoms with Crippen molar-refractivity contribution in [3.05, 3.63) is 58.4 Å². The van der Waals surface area contributed by atoms with Crippen LogP contribution >= 0.6 is 11.3 Å². The Morgan fingerprint density at radius 2 is 2.04 bits per heavy atom. The van der Waals surface area contributed by atoms with E-state index in [1.54, 1.807) is 31.4 Å². The van der Waals surface area contributed by atoms with Crippen LogP contribution < -0.4 is 9.54 Å². The van der Waals surface area contributed by atoms with Gasteiger partial charge >= 0.3 is 0 Å². The van der Waals surface area contributed by atoms with Crippen molar-refractivity contribution >= 4 is 27.5 Å². The maximum Gasteiger partial charge on any atom is 0.279 e. The highest BCUT2D eigenvalue weighted by Crippen LogP contribution is 2.23. The van der Waals surface area contributed by atoms with Crippen molar-refractivity contribution in [1.82, 2.24) is 4.57 Å². The minimum absolute atomic E-state index is 0.344. The summed E-state index contributed by atoms with van der Waals surface area (Å²) in [5.74, 6) is 0.411. The molecule has 27 heavy (non-hydrogen) atoms. The molecule has 138 valence electrons. The zero-order chi connectivity index (χ0) is 19.2. The van der Waals surface area contributed by atoms with Crippen molar-refractivity contribution in [2.45, 2.75) is 13.5 Å². The van der Waals surface area contributed by atoms with E-state index in [0.717, 1.165) is 16.0 Å². The van der Waals surface area contributed by atoms with E-state index in [9.17, 15) is 4.79 Å². The van der Waals surface area contributed by atoms with Gasteiger partial charge in [0.2, 0.25) is 0 Å². The lowest BCUT2D eigenvalue weighted by Crippen LogP contribution is -2.19. The molecule has 1 heterocycles. The molecule has 0 bridgehead atoms. The molecule has 2 aromatic carbocycles. The van der Waals surface area contributed by atoms with E-state index in [2.05, 4.69) is 4.99 Å². The molecular formula is C20H19N3O3S. The van der Waals surface area contributed by atoms with Crippen LogP contribution in [0.4, 0.5) is 0 Å². The fourth-order valence-electron chi connectivity index (χ4n) is 2.62. The Kier molecular flexibility index (Phi) is 6.01. The molecule has 0 saturated carbocycles. The smallest absolute Gasteiger partial charge is 0.279 e. The number of rotatable bonds is 6. The number of fused-ring (bicyclic) bond motifs is 1. The van der Waals surface area contributed by atoms with Crippen LogP contribution in [0.2, 0.25) is 0 Å². The molecule has 0 saturated heterocycles. The molecule has 0 aliphatic rings.